The standard InChI is InChI=1S/C18H20O5/c1-4-13-15(17(19)21-3)16(14(5-2)23-13)18(20)22-11-12-9-7-6-8-10-12/h4-10,13-16H,1-2,11H2,3H3/t13-,14+,15?,16?/m1/s1. The second-order valence-electron chi connectivity index (χ2n) is 5.20. The van der Waals surface area contributed by atoms with E-state index < -0.39 is 36.0 Å². The Kier molecular flexibility index (Phi) is 5.71. The van der Waals surface area contributed by atoms with Gasteiger partial charge < -0.3 is 14.2 Å². The number of rotatable bonds is 6. The van der Waals surface area contributed by atoms with Crippen LogP contribution in [0, 0.1) is 11.8 Å². The molecule has 1 aliphatic heterocycles. The Hall–Kier alpha value is -2.40. The van der Waals surface area contributed by atoms with Crippen molar-refractivity contribution in [2.45, 2.75) is 18.8 Å². The topological polar surface area (TPSA) is 61.8 Å². The number of hydrogen-bond donors (Lipinski definition) is 0. The number of benzene rings is 1. The summed E-state index contributed by atoms with van der Waals surface area (Å²) in [5.74, 6) is -2.63. The van der Waals surface area contributed by atoms with Crippen LogP contribution in [0.25, 0.3) is 0 Å². The summed E-state index contributed by atoms with van der Waals surface area (Å²) in [5.41, 5.74) is 0.866. The lowest BCUT2D eigenvalue weighted by atomic mass is 9.87. The monoisotopic (exact) mass is 316 g/mol. The zero-order valence-corrected chi connectivity index (χ0v) is 13.0. The summed E-state index contributed by atoms with van der Waals surface area (Å²) in [4.78, 5) is 24.5. The fraction of sp³-hybridized carbons (Fsp3) is 0.333. The molecular formula is C18H20O5. The highest BCUT2D eigenvalue weighted by molar-refractivity contribution is 5.84. The van der Waals surface area contributed by atoms with Crippen molar-refractivity contribution in [2.75, 3.05) is 7.11 Å². The zero-order valence-electron chi connectivity index (χ0n) is 13.0. The molecule has 1 saturated heterocycles. The van der Waals surface area contributed by atoms with Crippen molar-refractivity contribution in [2.24, 2.45) is 11.8 Å². The third kappa shape index (κ3) is 3.68. The van der Waals surface area contributed by atoms with Gasteiger partial charge in [-0.25, -0.2) is 0 Å². The van der Waals surface area contributed by atoms with Gasteiger partial charge in [-0.1, -0.05) is 42.5 Å². The molecule has 1 heterocycles. The van der Waals surface area contributed by atoms with Crippen molar-refractivity contribution in [3.05, 3.63) is 61.2 Å². The minimum Gasteiger partial charge on any atom is -0.469 e. The van der Waals surface area contributed by atoms with Crippen molar-refractivity contribution >= 4 is 11.9 Å². The first kappa shape index (κ1) is 17.0. The highest BCUT2D eigenvalue weighted by atomic mass is 16.6. The van der Waals surface area contributed by atoms with Crippen LogP contribution in [0.3, 0.4) is 0 Å². The Morgan fingerprint density at radius 3 is 2.17 bits per heavy atom. The third-order valence-electron chi connectivity index (χ3n) is 3.84. The summed E-state index contributed by atoms with van der Waals surface area (Å²) < 4.78 is 15.8. The summed E-state index contributed by atoms with van der Waals surface area (Å²) >= 11 is 0. The first-order chi connectivity index (χ1) is 11.1. The molecule has 5 nitrogen and oxygen atoms in total. The van der Waals surface area contributed by atoms with Gasteiger partial charge in [0.25, 0.3) is 0 Å². The van der Waals surface area contributed by atoms with Gasteiger partial charge in [-0.05, 0) is 5.56 Å². The summed E-state index contributed by atoms with van der Waals surface area (Å²) in [7, 11) is 1.27. The molecule has 4 atom stereocenters. The van der Waals surface area contributed by atoms with Crippen molar-refractivity contribution in [1.29, 1.82) is 0 Å². The minimum absolute atomic E-state index is 0.132. The molecule has 122 valence electrons. The molecule has 0 bridgehead atoms. The molecular weight excluding hydrogens is 296 g/mol. The van der Waals surface area contributed by atoms with Crippen LogP contribution in [-0.2, 0) is 30.4 Å². The van der Waals surface area contributed by atoms with Crippen LogP contribution in [0.15, 0.2) is 55.6 Å². The minimum atomic E-state index is -0.799. The Morgan fingerprint density at radius 1 is 1.09 bits per heavy atom. The third-order valence-corrected chi connectivity index (χ3v) is 3.84. The second-order valence-corrected chi connectivity index (χ2v) is 5.20. The van der Waals surface area contributed by atoms with Crippen LogP contribution in [0.1, 0.15) is 5.56 Å². The first-order valence-electron chi connectivity index (χ1n) is 7.31. The average Bonchev–Trinajstić information content (AvgIpc) is 2.98. The van der Waals surface area contributed by atoms with Gasteiger partial charge >= 0.3 is 11.9 Å². The normalized spacial score (nSPS) is 26.3. The van der Waals surface area contributed by atoms with Crippen molar-refractivity contribution in [3.63, 3.8) is 0 Å². The van der Waals surface area contributed by atoms with Gasteiger partial charge in [-0.3, -0.25) is 9.59 Å². The Labute approximate surface area is 135 Å². The Bertz CT molecular complexity index is 580. The van der Waals surface area contributed by atoms with Gasteiger partial charge in [0.15, 0.2) is 0 Å². The fourth-order valence-corrected chi connectivity index (χ4v) is 2.69. The molecule has 23 heavy (non-hydrogen) atoms. The summed E-state index contributed by atoms with van der Waals surface area (Å²) in [6.45, 7) is 7.44. The lowest BCUT2D eigenvalue weighted by molar-refractivity contribution is -0.158. The molecule has 0 N–H and O–H groups in total. The van der Waals surface area contributed by atoms with E-state index in [0.29, 0.717) is 0 Å². The van der Waals surface area contributed by atoms with E-state index in [1.165, 1.54) is 19.3 Å². The molecule has 5 heteroatoms. The lowest BCUT2D eigenvalue weighted by Gasteiger charge is -2.19. The maximum Gasteiger partial charge on any atom is 0.313 e. The average molecular weight is 316 g/mol. The van der Waals surface area contributed by atoms with Crippen LogP contribution in [0.2, 0.25) is 0 Å². The molecule has 1 aliphatic rings. The van der Waals surface area contributed by atoms with Crippen molar-refractivity contribution in [1.82, 2.24) is 0 Å². The highest BCUT2D eigenvalue weighted by Gasteiger charge is 2.51. The van der Waals surface area contributed by atoms with E-state index in [1.54, 1.807) is 0 Å². The number of ether oxygens (including phenoxy) is 3. The largest absolute Gasteiger partial charge is 0.469 e. The molecule has 0 saturated carbocycles. The van der Waals surface area contributed by atoms with E-state index in [4.69, 9.17) is 14.2 Å². The fourth-order valence-electron chi connectivity index (χ4n) is 2.69. The van der Waals surface area contributed by atoms with E-state index in [0.717, 1.165) is 5.56 Å². The molecule has 1 aromatic rings. The number of carbonyl (C=O) groups excluding carboxylic acids is 2. The van der Waals surface area contributed by atoms with Gasteiger partial charge in [0.1, 0.15) is 18.4 Å². The summed E-state index contributed by atoms with van der Waals surface area (Å²) in [6, 6.07) is 9.31. The van der Waals surface area contributed by atoms with Crippen molar-refractivity contribution in [3.8, 4) is 0 Å². The summed E-state index contributed by atoms with van der Waals surface area (Å²) in [5, 5.41) is 0. The molecule has 1 fully saturated rings. The molecule has 0 aliphatic carbocycles. The molecule has 2 rings (SSSR count). The van der Waals surface area contributed by atoms with E-state index >= 15 is 0 Å². The van der Waals surface area contributed by atoms with Gasteiger partial charge in [0, 0.05) is 0 Å². The van der Waals surface area contributed by atoms with Crippen LogP contribution in [0.4, 0.5) is 0 Å². The number of carbonyl (C=O) groups is 2. The van der Waals surface area contributed by atoms with Crippen molar-refractivity contribution < 1.29 is 23.8 Å². The number of hydrogen-bond acceptors (Lipinski definition) is 5. The first-order valence-corrected chi connectivity index (χ1v) is 7.31. The molecule has 0 spiro atoms. The van der Waals surface area contributed by atoms with Gasteiger partial charge in [-0.15, -0.1) is 13.2 Å². The van der Waals surface area contributed by atoms with Crippen LogP contribution < -0.4 is 0 Å². The van der Waals surface area contributed by atoms with Gasteiger partial charge in [0.2, 0.25) is 0 Å². The SMILES string of the molecule is C=C[C@@H]1O[C@H](C=C)C(C(=O)OC)C1C(=O)OCc1ccccc1. The molecule has 0 aromatic heterocycles. The lowest BCUT2D eigenvalue weighted by Crippen LogP contribution is -2.36. The molecule has 1 aromatic carbocycles. The van der Waals surface area contributed by atoms with Crippen LogP contribution >= 0.6 is 0 Å². The van der Waals surface area contributed by atoms with E-state index in [1.807, 2.05) is 30.3 Å². The molecule has 0 radical (unpaired) electrons. The predicted molar refractivity (Wildman–Crippen MR) is 84.3 cm³/mol. The van der Waals surface area contributed by atoms with E-state index in [-0.39, 0.29) is 6.61 Å². The number of esters is 2. The Balaban J connectivity index is 2.14. The smallest absolute Gasteiger partial charge is 0.313 e. The maximum absolute atomic E-state index is 12.5. The summed E-state index contributed by atoms with van der Waals surface area (Å²) in [6.07, 6.45) is 1.75. The quantitative estimate of drug-likeness (QED) is 0.595. The zero-order chi connectivity index (χ0) is 16.8. The van der Waals surface area contributed by atoms with Crippen LogP contribution in [0.5, 0.6) is 0 Å². The molecule has 2 unspecified atom stereocenters. The van der Waals surface area contributed by atoms with Gasteiger partial charge in [0.05, 0.1) is 19.3 Å². The van der Waals surface area contributed by atoms with E-state index in [9.17, 15) is 9.59 Å². The Morgan fingerprint density at radius 2 is 1.65 bits per heavy atom. The number of methoxy groups -OCH3 is 1. The predicted octanol–water partition coefficient (Wildman–Crippen LogP) is 2.27. The van der Waals surface area contributed by atoms with Gasteiger partial charge in [-0.2, -0.15) is 0 Å². The molecule has 0 amide bonds. The van der Waals surface area contributed by atoms with Crippen LogP contribution in [-0.4, -0.2) is 31.3 Å². The maximum atomic E-state index is 12.5. The van der Waals surface area contributed by atoms with E-state index in [2.05, 4.69) is 13.2 Å². The second kappa shape index (κ2) is 7.74. The highest BCUT2D eigenvalue weighted by Crippen LogP contribution is 2.36.